The first-order chi connectivity index (χ1) is 8.66. The van der Waals surface area contributed by atoms with Crippen LogP contribution in [-0.2, 0) is 4.74 Å². The lowest BCUT2D eigenvalue weighted by atomic mass is 10.2. The quantitative estimate of drug-likeness (QED) is 0.667. The fourth-order valence-corrected chi connectivity index (χ4v) is 2.36. The molecule has 2 rings (SSSR count). The summed E-state index contributed by atoms with van der Waals surface area (Å²) in [6.45, 7) is 1.60. The molecule has 1 aliphatic rings. The van der Waals surface area contributed by atoms with Gasteiger partial charge in [-0.1, -0.05) is 0 Å². The number of pyridine rings is 1. The lowest BCUT2D eigenvalue weighted by molar-refractivity contribution is -0.385. The number of ether oxygens (including phenoxy) is 1. The number of nitrogens with one attached hydrogen (secondary N) is 1. The van der Waals surface area contributed by atoms with Crippen LogP contribution in [0.4, 0.5) is 11.5 Å². The molecule has 1 fully saturated rings. The van der Waals surface area contributed by atoms with Gasteiger partial charge in [0.05, 0.1) is 15.5 Å². The Morgan fingerprint density at radius 3 is 3.11 bits per heavy atom. The molecule has 18 heavy (non-hydrogen) atoms. The summed E-state index contributed by atoms with van der Waals surface area (Å²) in [7, 11) is 0. The molecule has 0 amide bonds. The Labute approximate surface area is 113 Å². The number of aromatic nitrogens is 1. The van der Waals surface area contributed by atoms with Crippen molar-refractivity contribution in [2.75, 3.05) is 18.5 Å². The molecule has 6 nitrogen and oxygen atoms in total. The molecular weight excluding hydrogens is 302 g/mol. The topological polar surface area (TPSA) is 77.3 Å². The van der Waals surface area contributed by atoms with Crippen molar-refractivity contribution in [1.82, 2.24) is 4.98 Å². The summed E-state index contributed by atoms with van der Waals surface area (Å²) >= 11 is 3.27. The number of anilines is 1. The van der Waals surface area contributed by atoms with Gasteiger partial charge in [0.25, 0.3) is 5.69 Å². The second-order valence-corrected chi connectivity index (χ2v) is 4.99. The highest BCUT2D eigenvalue weighted by Gasteiger charge is 2.15. The van der Waals surface area contributed by atoms with Gasteiger partial charge < -0.3 is 10.1 Å². The first-order valence-corrected chi connectivity index (χ1v) is 6.61. The lowest BCUT2D eigenvalue weighted by Gasteiger charge is -2.11. The summed E-state index contributed by atoms with van der Waals surface area (Å²) in [5.74, 6) is 0.624. The Morgan fingerprint density at radius 1 is 1.67 bits per heavy atom. The number of rotatable bonds is 5. The van der Waals surface area contributed by atoms with Crippen molar-refractivity contribution in [1.29, 1.82) is 0 Å². The Morgan fingerprint density at radius 2 is 2.50 bits per heavy atom. The molecule has 0 saturated carbocycles. The van der Waals surface area contributed by atoms with Crippen LogP contribution in [0.15, 0.2) is 16.7 Å². The lowest BCUT2D eigenvalue weighted by Crippen LogP contribution is -2.13. The molecule has 7 heteroatoms. The molecule has 98 valence electrons. The van der Waals surface area contributed by atoms with E-state index in [2.05, 4.69) is 26.2 Å². The third-order valence-electron chi connectivity index (χ3n) is 2.82. The molecule has 1 unspecified atom stereocenters. The molecule has 1 N–H and O–H groups in total. The number of nitrogens with zero attached hydrogens (tertiary/aromatic N) is 2. The van der Waals surface area contributed by atoms with Crippen LogP contribution < -0.4 is 5.32 Å². The van der Waals surface area contributed by atoms with Crippen molar-refractivity contribution in [3.63, 3.8) is 0 Å². The van der Waals surface area contributed by atoms with Crippen molar-refractivity contribution in [2.24, 2.45) is 0 Å². The van der Waals surface area contributed by atoms with Crippen molar-refractivity contribution in [3.05, 3.63) is 26.9 Å². The zero-order valence-electron chi connectivity index (χ0n) is 9.76. The summed E-state index contributed by atoms with van der Waals surface area (Å²) in [5, 5.41) is 13.7. The Kier molecular flexibility index (Phi) is 4.48. The van der Waals surface area contributed by atoms with Crippen LogP contribution >= 0.6 is 15.9 Å². The maximum atomic E-state index is 10.6. The van der Waals surface area contributed by atoms with Crippen LogP contribution in [0.5, 0.6) is 0 Å². The highest BCUT2D eigenvalue weighted by molar-refractivity contribution is 9.10. The minimum Gasteiger partial charge on any atom is -0.378 e. The number of hydrogen-bond acceptors (Lipinski definition) is 5. The SMILES string of the molecule is O=[N+]([O-])c1cnc(NCCC2CCCO2)c(Br)c1. The summed E-state index contributed by atoms with van der Waals surface area (Å²) in [6.07, 6.45) is 4.74. The highest BCUT2D eigenvalue weighted by atomic mass is 79.9. The standard InChI is InChI=1S/C11H14BrN3O3/c12-10-6-8(15(16)17)7-14-11(10)13-4-3-9-2-1-5-18-9/h6-7,9H,1-5H2,(H,13,14). The molecule has 0 spiro atoms. The van der Waals surface area contributed by atoms with E-state index < -0.39 is 4.92 Å². The van der Waals surface area contributed by atoms with E-state index in [1.165, 1.54) is 12.3 Å². The molecular formula is C11H14BrN3O3. The minimum absolute atomic E-state index is 0.0217. The molecule has 1 atom stereocenters. The van der Waals surface area contributed by atoms with E-state index >= 15 is 0 Å². The predicted molar refractivity (Wildman–Crippen MR) is 70.7 cm³/mol. The van der Waals surface area contributed by atoms with Gasteiger partial charge in [-0.25, -0.2) is 4.98 Å². The van der Waals surface area contributed by atoms with Gasteiger partial charge in [-0.15, -0.1) is 0 Å². The Hall–Kier alpha value is -1.21. The van der Waals surface area contributed by atoms with E-state index in [9.17, 15) is 10.1 Å². The van der Waals surface area contributed by atoms with E-state index in [-0.39, 0.29) is 5.69 Å². The van der Waals surface area contributed by atoms with Gasteiger partial charge in [-0.3, -0.25) is 10.1 Å². The molecule has 0 aliphatic carbocycles. The average Bonchev–Trinajstić information content (AvgIpc) is 2.84. The zero-order chi connectivity index (χ0) is 13.0. The summed E-state index contributed by atoms with van der Waals surface area (Å²) < 4.78 is 6.11. The van der Waals surface area contributed by atoms with Crippen LogP contribution in [0.3, 0.4) is 0 Å². The van der Waals surface area contributed by atoms with Gasteiger partial charge >= 0.3 is 0 Å². The van der Waals surface area contributed by atoms with E-state index in [0.717, 1.165) is 32.4 Å². The third kappa shape index (κ3) is 3.39. The second kappa shape index (κ2) is 6.10. The van der Waals surface area contributed by atoms with Crippen molar-refractivity contribution < 1.29 is 9.66 Å². The average molecular weight is 316 g/mol. The Bertz CT molecular complexity index is 436. The van der Waals surface area contributed by atoms with Gasteiger partial charge in [0.1, 0.15) is 12.0 Å². The first-order valence-electron chi connectivity index (χ1n) is 5.82. The van der Waals surface area contributed by atoms with E-state index in [1.807, 2.05) is 0 Å². The van der Waals surface area contributed by atoms with E-state index in [0.29, 0.717) is 16.4 Å². The van der Waals surface area contributed by atoms with Crippen LogP contribution in [0.25, 0.3) is 0 Å². The zero-order valence-corrected chi connectivity index (χ0v) is 11.4. The molecule has 1 aromatic rings. The van der Waals surface area contributed by atoms with Crippen molar-refractivity contribution in [3.8, 4) is 0 Å². The first kappa shape index (κ1) is 13.2. The van der Waals surface area contributed by atoms with E-state index in [1.54, 1.807) is 0 Å². The van der Waals surface area contributed by atoms with E-state index in [4.69, 9.17) is 4.74 Å². The van der Waals surface area contributed by atoms with Gasteiger partial charge in [0.2, 0.25) is 0 Å². The summed E-state index contributed by atoms with van der Waals surface area (Å²) in [4.78, 5) is 14.1. The molecule has 0 bridgehead atoms. The summed E-state index contributed by atoms with van der Waals surface area (Å²) in [6, 6.07) is 1.45. The van der Waals surface area contributed by atoms with Crippen LogP contribution in [0.1, 0.15) is 19.3 Å². The molecule has 2 heterocycles. The molecule has 1 aromatic heterocycles. The van der Waals surface area contributed by atoms with Gasteiger partial charge in [0.15, 0.2) is 0 Å². The van der Waals surface area contributed by atoms with Crippen LogP contribution in [0, 0.1) is 10.1 Å². The van der Waals surface area contributed by atoms with Crippen molar-refractivity contribution in [2.45, 2.75) is 25.4 Å². The fourth-order valence-electron chi connectivity index (χ4n) is 1.88. The number of hydrogen-bond donors (Lipinski definition) is 1. The smallest absolute Gasteiger partial charge is 0.288 e. The maximum Gasteiger partial charge on any atom is 0.288 e. The fraction of sp³-hybridized carbons (Fsp3) is 0.545. The number of halogens is 1. The molecule has 1 aliphatic heterocycles. The van der Waals surface area contributed by atoms with Crippen LogP contribution in [0.2, 0.25) is 0 Å². The largest absolute Gasteiger partial charge is 0.378 e. The maximum absolute atomic E-state index is 10.6. The Balaban J connectivity index is 1.87. The molecule has 1 saturated heterocycles. The van der Waals surface area contributed by atoms with Crippen LogP contribution in [-0.4, -0.2) is 29.2 Å². The second-order valence-electron chi connectivity index (χ2n) is 4.13. The number of nitro groups is 1. The monoisotopic (exact) mass is 315 g/mol. The third-order valence-corrected chi connectivity index (χ3v) is 3.42. The molecule has 0 radical (unpaired) electrons. The normalized spacial score (nSPS) is 18.8. The van der Waals surface area contributed by atoms with Gasteiger partial charge in [-0.2, -0.15) is 0 Å². The molecule has 0 aromatic carbocycles. The highest BCUT2D eigenvalue weighted by Crippen LogP contribution is 2.24. The minimum atomic E-state index is -0.464. The summed E-state index contributed by atoms with van der Waals surface area (Å²) in [5.41, 5.74) is -0.0217. The van der Waals surface area contributed by atoms with Crippen molar-refractivity contribution >= 4 is 27.4 Å². The van der Waals surface area contributed by atoms with Gasteiger partial charge in [-0.05, 0) is 35.2 Å². The van der Waals surface area contributed by atoms with Gasteiger partial charge in [0, 0.05) is 19.2 Å². The predicted octanol–water partition coefficient (Wildman–Crippen LogP) is 2.73.